The smallest absolute Gasteiger partial charge is 0.119 e. The lowest BCUT2D eigenvalue weighted by atomic mass is 10.1. The highest BCUT2D eigenvalue weighted by atomic mass is 16.5. The number of hydrogen-bond donors (Lipinski definition) is 1. The predicted molar refractivity (Wildman–Crippen MR) is 66.5 cm³/mol. The molecule has 0 unspecified atom stereocenters. The largest absolute Gasteiger partial charge is 0.490 e. The highest BCUT2D eigenvalue weighted by molar-refractivity contribution is 5.29. The Kier molecular flexibility index (Phi) is 3.83. The Balaban J connectivity index is 1.96. The molecule has 1 saturated carbocycles. The number of ether oxygens (including phenoxy) is 1. The summed E-state index contributed by atoms with van der Waals surface area (Å²) in [5.41, 5.74) is 7.16. The van der Waals surface area contributed by atoms with Gasteiger partial charge < -0.3 is 10.5 Å². The second-order valence-electron chi connectivity index (χ2n) is 4.61. The minimum Gasteiger partial charge on any atom is -0.490 e. The first-order chi connectivity index (χ1) is 7.79. The van der Waals surface area contributed by atoms with Crippen LogP contribution >= 0.6 is 0 Å². The van der Waals surface area contributed by atoms with Gasteiger partial charge in [0, 0.05) is 6.04 Å². The van der Waals surface area contributed by atoms with Crippen LogP contribution in [0.5, 0.6) is 5.75 Å². The SMILES string of the molecule is CC[C@@H](N)c1ccc(OC2CCCC2)cc1. The third-order valence-corrected chi connectivity index (χ3v) is 3.35. The first kappa shape index (κ1) is 11.5. The molecule has 0 radical (unpaired) electrons. The van der Waals surface area contributed by atoms with E-state index in [0.29, 0.717) is 6.10 Å². The standard InChI is InChI=1S/C14H21NO/c1-2-14(15)11-7-9-13(10-8-11)16-12-5-3-4-6-12/h7-10,12,14H,2-6,15H2,1H3/t14-/m1/s1. The number of hydrogen-bond acceptors (Lipinski definition) is 2. The molecule has 2 nitrogen and oxygen atoms in total. The van der Waals surface area contributed by atoms with Crippen LogP contribution in [0.4, 0.5) is 0 Å². The minimum absolute atomic E-state index is 0.153. The Morgan fingerprint density at radius 1 is 1.25 bits per heavy atom. The fourth-order valence-electron chi connectivity index (χ4n) is 2.23. The molecule has 0 bridgehead atoms. The normalized spacial score (nSPS) is 18.6. The van der Waals surface area contributed by atoms with Crippen LogP contribution in [-0.2, 0) is 0 Å². The molecular weight excluding hydrogens is 198 g/mol. The van der Waals surface area contributed by atoms with Gasteiger partial charge in [0.2, 0.25) is 0 Å². The lowest BCUT2D eigenvalue weighted by molar-refractivity contribution is 0.210. The Labute approximate surface area is 97.8 Å². The first-order valence-corrected chi connectivity index (χ1v) is 6.32. The molecule has 1 aliphatic rings. The van der Waals surface area contributed by atoms with Crippen molar-refractivity contribution in [2.75, 3.05) is 0 Å². The zero-order valence-corrected chi connectivity index (χ0v) is 9.99. The van der Waals surface area contributed by atoms with Crippen LogP contribution < -0.4 is 10.5 Å². The molecule has 1 aromatic rings. The van der Waals surface area contributed by atoms with Gasteiger partial charge in [-0.2, -0.15) is 0 Å². The fourth-order valence-corrected chi connectivity index (χ4v) is 2.23. The van der Waals surface area contributed by atoms with Gasteiger partial charge in [0.15, 0.2) is 0 Å². The van der Waals surface area contributed by atoms with Gasteiger partial charge in [0.1, 0.15) is 5.75 Å². The van der Waals surface area contributed by atoms with Crippen LogP contribution in [0.2, 0.25) is 0 Å². The zero-order valence-electron chi connectivity index (χ0n) is 9.99. The van der Waals surface area contributed by atoms with Crippen LogP contribution in [0.1, 0.15) is 50.6 Å². The zero-order chi connectivity index (χ0) is 11.4. The Bertz CT molecular complexity index is 314. The maximum atomic E-state index is 5.97. The topological polar surface area (TPSA) is 35.2 Å². The van der Waals surface area contributed by atoms with E-state index in [1.54, 1.807) is 0 Å². The van der Waals surface area contributed by atoms with E-state index in [-0.39, 0.29) is 6.04 Å². The van der Waals surface area contributed by atoms with Gasteiger partial charge in [-0.3, -0.25) is 0 Å². The van der Waals surface area contributed by atoms with E-state index in [4.69, 9.17) is 10.5 Å². The molecule has 1 aromatic carbocycles. The van der Waals surface area contributed by atoms with E-state index < -0.39 is 0 Å². The summed E-state index contributed by atoms with van der Waals surface area (Å²) in [5.74, 6) is 0.985. The molecule has 0 aromatic heterocycles. The second-order valence-corrected chi connectivity index (χ2v) is 4.61. The number of benzene rings is 1. The molecule has 1 atom stereocenters. The van der Waals surface area contributed by atoms with Crippen molar-refractivity contribution in [3.8, 4) is 5.75 Å². The molecule has 1 aliphatic carbocycles. The fraction of sp³-hybridized carbons (Fsp3) is 0.571. The van der Waals surface area contributed by atoms with E-state index in [1.165, 1.54) is 31.2 Å². The van der Waals surface area contributed by atoms with Gasteiger partial charge in [-0.05, 0) is 49.8 Å². The van der Waals surface area contributed by atoms with E-state index in [0.717, 1.165) is 12.2 Å². The van der Waals surface area contributed by atoms with Gasteiger partial charge in [-0.15, -0.1) is 0 Å². The van der Waals surface area contributed by atoms with Crippen molar-refractivity contribution >= 4 is 0 Å². The molecule has 0 spiro atoms. The highest BCUT2D eigenvalue weighted by Gasteiger charge is 2.16. The lowest BCUT2D eigenvalue weighted by Crippen LogP contribution is -2.11. The van der Waals surface area contributed by atoms with Crippen LogP contribution in [0.25, 0.3) is 0 Å². The highest BCUT2D eigenvalue weighted by Crippen LogP contribution is 2.25. The van der Waals surface area contributed by atoms with Gasteiger partial charge in [-0.25, -0.2) is 0 Å². The monoisotopic (exact) mass is 219 g/mol. The van der Waals surface area contributed by atoms with Crippen molar-refractivity contribution < 1.29 is 4.74 Å². The van der Waals surface area contributed by atoms with Crippen molar-refractivity contribution in [1.82, 2.24) is 0 Å². The van der Waals surface area contributed by atoms with Crippen molar-refractivity contribution in [3.05, 3.63) is 29.8 Å². The van der Waals surface area contributed by atoms with E-state index in [9.17, 15) is 0 Å². The molecule has 2 heteroatoms. The van der Waals surface area contributed by atoms with Gasteiger partial charge in [0.05, 0.1) is 6.10 Å². The van der Waals surface area contributed by atoms with E-state index >= 15 is 0 Å². The molecule has 2 rings (SSSR count). The van der Waals surface area contributed by atoms with Gasteiger partial charge >= 0.3 is 0 Å². The quantitative estimate of drug-likeness (QED) is 0.842. The summed E-state index contributed by atoms with van der Waals surface area (Å²) < 4.78 is 5.90. The first-order valence-electron chi connectivity index (χ1n) is 6.32. The summed E-state index contributed by atoms with van der Waals surface area (Å²) in [6.07, 6.45) is 6.44. The molecule has 1 fully saturated rings. The van der Waals surface area contributed by atoms with Crippen molar-refractivity contribution in [1.29, 1.82) is 0 Å². The summed E-state index contributed by atoms with van der Waals surface area (Å²) in [4.78, 5) is 0. The van der Waals surface area contributed by atoms with E-state index in [1.807, 2.05) is 12.1 Å². The molecule has 2 N–H and O–H groups in total. The van der Waals surface area contributed by atoms with Crippen LogP contribution in [0.3, 0.4) is 0 Å². The summed E-state index contributed by atoms with van der Waals surface area (Å²) in [6, 6.07) is 8.41. The number of nitrogens with two attached hydrogens (primary N) is 1. The van der Waals surface area contributed by atoms with Crippen LogP contribution in [-0.4, -0.2) is 6.10 Å². The molecule has 0 amide bonds. The molecule has 0 saturated heterocycles. The average Bonchev–Trinajstić information content (AvgIpc) is 2.82. The van der Waals surface area contributed by atoms with Gasteiger partial charge in [-0.1, -0.05) is 19.1 Å². The maximum Gasteiger partial charge on any atom is 0.119 e. The molecule has 88 valence electrons. The Morgan fingerprint density at radius 2 is 1.88 bits per heavy atom. The summed E-state index contributed by atoms with van der Waals surface area (Å²) >= 11 is 0. The average molecular weight is 219 g/mol. The second kappa shape index (κ2) is 5.35. The van der Waals surface area contributed by atoms with Crippen molar-refractivity contribution in [2.45, 2.75) is 51.2 Å². The summed E-state index contributed by atoms with van der Waals surface area (Å²) in [7, 11) is 0. The summed E-state index contributed by atoms with van der Waals surface area (Å²) in [6.45, 7) is 2.10. The molecule has 16 heavy (non-hydrogen) atoms. The third-order valence-electron chi connectivity index (χ3n) is 3.35. The van der Waals surface area contributed by atoms with Crippen molar-refractivity contribution in [3.63, 3.8) is 0 Å². The Hall–Kier alpha value is -1.02. The lowest BCUT2D eigenvalue weighted by Gasteiger charge is -2.14. The summed E-state index contributed by atoms with van der Waals surface area (Å²) in [5, 5.41) is 0. The maximum absolute atomic E-state index is 5.97. The molecule has 0 heterocycles. The molecule has 0 aliphatic heterocycles. The van der Waals surface area contributed by atoms with Crippen LogP contribution in [0.15, 0.2) is 24.3 Å². The Morgan fingerprint density at radius 3 is 2.44 bits per heavy atom. The van der Waals surface area contributed by atoms with Gasteiger partial charge in [0.25, 0.3) is 0 Å². The van der Waals surface area contributed by atoms with Crippen LogP contribution in [0, 0.1) is 0 Å². The predicted octanol–water partition coefficient (Wildman–Crippen LogP) is 3.42. The molecular formula is C14H21NO. The van der Waals surface area contributed by atoms with Crippen molar-refractivity contribution in [2.24, 2.45) is 5.73 Å². The minimum atomic E-state index is 0.153. The number of rotatable bonds is 4. The van der Waals surface area contributed by atoms with E-state index in [2.05, 4.69) is 19.1 Å². The third kappa shape index (κ3) is 2.76.